The predicted molar refractivity (Wildman–Crippen MR) is 66.6 cm³/mol. The molecule has 0 saturated carbocycles. The number of aryl methyl sites for hydroxylation is 1. The second kappa shape index (κ2) is 5.53. The number of rotatable bonds is 4. The van der Waals surface area contributed by atoms with Crippen LogP contribution in [0, 0.1) is 12.8 Å². The molecule has 0 aromatic heterocycles. The Balaban J connectivity index is 2.94. The van der Waals surface area contributed by atoms with E-state index in [9.17, 15) is 14.7 Å². The first-order valence-corrected chi connectivity index (χ1v) is 5.66. The summed E-state index contributed by atoms with van der Waals surface area (Å²) in [6, 6.07) is 3.63. The molecule has 0 unspecified atom stereocenters. The smallest absolute Gasteiger partial charge is 0.326 e. The van der Waals surface area contributed by atoms with Crippen LogP contribution >= 0.6 is 0 Å². The lowest BCUT2D eigenvalue weighted by atomic mass is 10.0. The van der Waals surface area contributed by atoms with Gasteiger partial charge in [-0.1, -0.05) is 25.5 Å². The molecule has 0 aliphatic heterocycles. The topological polar surface area (TPSA) is 86.6 Å². The van der Waals surface area contributed by atoms with Crippen molar-refractivity contribution in [2.45, 2.75) is 26.8 Å². The molecule has 18 heavy (non-hydrogen) atoms. The molecule has 1 aromatic carbocycles. The summed E-state index contributed by atoms with van der Waals surface area (Å²) in [4.78, 5) is 22.9. The molecular formula is C13H17NO4. The highest BCUT2D eigenvalue weighted by atomic mass is 16.4. The van der Waals surface area contributed by atoms with Gasteiger partial charge in [0.15, 0.2) is 0 Å². The van der Waals surface area contributed by atoms with Crippen LogP contribution in [0.2, 0.25) is 0 Å². The molecule has 98 valence electrons. The lowest BCUT2D eigenvalue weighted by molar-refractivity contribution is -0.140. The number of aromatic hydroxyl groups is 1. The van der Waals surface area contributed by atoms with E-state index in [2.05, 4.69) is 5.32 Å². The first-order chi connectivity index (χ1) is 8.32. The highest BCUT2D eigenvalue weighted by Crippen LogP contribution is 2.18. The number of carbonyl (C=O) groups is 2. The summed E-state index contributed by atoms with van der Waals surface area (Å²) in [5.41, 5.74) is 0.899. The third-order valence-corrected chi connectivity index (χ3v) is 2.62. The summed E-state index contributed by atoms with van der Waals surface area (Å²) in [7, 11) is 0. The highest BCUT2D eigenvalue weighted by molar-refractivity contribution is 5.99. The van der Waals surface area contributed by atoms with Crippen LogP contribution in [-0.2, 0) is 4.79 Å². The van der Waals surface area contributed by atoms with Crippen LogP contribution in [0.4, 0.5) is 0 Å². The summed E-state index contributed by atoms with van der Waals surface area (Å²) >= 11 is 0. The van der Waals surface area contributed by atoms with Gasteiger partial charge in [0.05, 0.1) is 5.56 Å². The van der Waals surface area contributed by atoms with Gasteiger partial charge in [-0.15, -0.1) is 0 Å². The molecule has 0 heterocycles. The SMILES string of the molecule is Cc1ccc(O)c(C(=O)N[C@H](C(=O)O)C(C)C)c1. The normalized spacial score (nSPS) is 12.2. The van der Waals surface area contributed by atoms with E-state index in [-0.39, 0.29) is 17.2 Å². The molecule has 0 aliphatic rings. The van der Waals surface area contributed by atoms with Crippen LogP contribution in [0.15, 0.2) is 18.2 Å². The minimum absolute atomic E-state index is 0.0851. The first-order valence-electron chi connectivity index (χ1n) is 5.66. The number of aliphatic carboxylic acids is 1. The molecule has 0 radical (unpaired) electrons. The second-order valence-electron chi connectivity index (χ2n) is 4.55. The summed E-state index contributed by atoms with van der Waals surface area (Å²) in [5, 5.41) is 21.0. The monoisotopic (exact) mass is 251 g/mol. The van der Waals surface area contributed by atoms with Crippen molar-refractivity contribution in [1.29, 1.82) is 0 Å². The van der Waals surface area contributed by atoms with E-state index >= 15 is 0 Å². The average Bonchev–Trinajstić information content (AvgIpc) is 2.28. The zero-order chi connectivity index (χ0) is 13.9. The van der Waals surface area contributed by atoms with Crippen LogP contribution in [0.5, 0.6) is 5.75 Å². The van der Waals surface area contributed by atoms with Gasteiger partial charge in [-0.25, -0.2) is 4.79 Å². The standard InChI is InChI=1S/C13H17NO4/c1-7(2)11(13(17)18)14-12(16)9-6-8(3)4-5-10(9)15/h4-7,11,15H,1-3H3,(H,14,16)(H,17,18)/t11-/m0/s1. The first kappa shape index (κ1) is 14.0. The number of amides is 1. The maximum atomic E-state index is 11.9. The van der Waals surface area contributed by atoms with Crippen LogP contribution in [0.25, 0.3) is 0 Å². The van der Waals surface area contributed by atoms with Crippen molar-refractivity contribution in [3.05, 3.63) is 29.3 Å². The van der Waals surface area contributed by atoms with Crippen molar-refractivity contribution in [3.8, 4) is 5.75 Å². The van der Waals surface area contributed by atoms with Crippen molar-refractivity contribution in [3.63, 3.8) is 0 Å². The number of phenolic OH excluding ortho intramolecular Hbond substituents is 1. The molecule has 1 aromatic rings. The lowest BCUT2D eigenvalue weighted by Crippen LogP contribution is -2.44. The van der Waals surface area contributed by atoms with Gasteiger partial charge in [-0.05, 0) is 25.0 Å². The number of phenols is 1. The van der Waals surface area contributed by atoms with Crippen molar-refractivity contribution in [2.75, 3.05) is 0 Å². The van der Waals surface area contributed by atoms with E-state index < -0.39 is 17.9 Å². The van der Waals surface area contributed by atoms with Crippen LogP contribution in [0.1, 0.15) is 29.8 Å². The number of nitrogens with one attached hydrogen (secondary N) is 1. The molecule has 5 heteroatoms. The molecule has 0 saturated heterocycles. The Bertz CT molecular complexity index is 468. The summed E-state index contributed by atoms with van der Waals surface area (Å²) in [5.74, 6) is -2.08. The van der Waals surface area contributed by atoms with Crippen LogP contribution < -0.4 is 5.32 Å². The summed E-state index contributed by atoms with van der Waals surface area (Å²) in [6.45, 7) is 5.19. The number of benzene rings is 1. The number of hydrogen-bond acceptors (Lipinski definition) is 3. The van der Waals surface area contributed by atoms with E-state index in [1.807, 2.05) is 0 Å². The van der Waals surface area contributed by atoms with Crippen molar-refractivity contribution < 1.29 is 19.8 Å². The molecule has 1 atom stereocenters. The number of carbonyl (C=O) groups excluding carboxylic acids is 1. The third-order valence-electron chi connectivity index (χ3n) is 2.62. The Morgan fingerprint density at radius 3 is 2.39 bits per heavy atom. The fourth-order valence-electron chi connectivity index (χ4n) is 1.56. The minimum atomic E-state index is -1.09. The van der Waals surface area contributed by atoms with E-state index in [0.717, 1.165) is 5.56 Å². The lowest BCUT2D eigenvalue weighted by Gasteiger charge is -2.18. The Labute approximate surface area is 105 Å². The van der Waals surface area contributed by atoms with Gasteiger partial charge in [0.2, 0.25) is 0 Å². The number of carboxylic acid groups (broad SMARTS) is 1. The Morgan fingerprint density at radius 2 is 1.89 bits per heavy atom. The molecule has 0 spiro atoms. The average molecular weight is 251 g/mol. The zero-order valence-corrected chi connectivity index (χ0v) is 10.6. The molecule has 1 rings (SSSR count). The number of hydrogen-bond donors (Lipinski definition) is 3. The van der Waals surface area contributed by atoms with Gasteiger partial charge in [0.1, 0.15) is 11.8 Å². The van der Waals surface area contributed by atoms with E-state index in [0.29, 0.717) is 0 Å². The van der Waals surface area contributed by atoms with Gasteiger partial charge >= 0.3 is 5.97 Å². The largest absolute Gasteiger partial charge is 0.507 e. The quantitative estimate of drug-likeness (QED) is 0.757. The zero-order valence-electron chi connectivity index (χ0n) is 10.6. The Kier molecular flexibility index (Phi) is 4.31. The van der Waals surface area contributed by atoms with Crippen LogP contribution in [0.3, 0.4) is 0 Å². The van der Waals surface area contributed by atoms with Crippen molar-refractivity contribution >= 4 is 11.9 Å². The fourth-order valence-corrected chi connectivity index (χ4v) is 1.56. The molecule has 0 bridgehead atoms. The second-order valence-corrected chi connectivity index (χ2v) is 4.55. The molecule has 1 amide bonds. The molecule has 3 N–H and O–H groups in total. The van der Waals surface area contributed by atoms with Gasteiger partial charge in [-0.3, -0.25) is 4.79 Å². The maximum Gasteiger partial charge on any atom is 0.326 e. The molecule has 0 fully saturated rings. The fraction of sp³-hybridized carbons (Fsp3) is 0.385. The van der Waals surface area contributed by atoms with E-state index in [4.69, 9.17) is 5.11 Å². The predicted octanol–water partition coefficient (Wildman–Crippen LogP) is 1.54. The Hall–Kier alpha value is -2.04. The van der Waals surface area contributed by atoms with Crippen LogP contribution in [-0.4, -0.2) is 28.1 Å². The van der Waals surface area contributed by atoms with Gasteiger partial charge < -0.3 is 15.5 Å². The summed E-state index contributed by atoms with van der Waals surface area (Å²) < 4.78 is 0. The summed E-state index contributed by atoms with van der Waals surface area (Å²) in [6.07, 6.45) is 0. The molecule has 0 aliphatic carbocycles. The number of carboxylic acids is 1. The molecular weight excluding hydrogens is 234 g/mol. The molecule has 5 nitrogen and oxygen atoms in total. The van der Waals surface area contributed by atoms with Crippen molar-refractivity contribution in [1.82, 2.24) is 5.32 Å². The van der Waals surface area contributed by atoms with Gasteiger partial charge in [-0.2, -0.15) is 0 Å². The maximum absolute atomic E-state index is 11.9. The third kappa shape index (κ3) is 3.23. The van der Waals surface area contributed by atoms with E-state index in [1.165, 1.54) is 12.1 Å². The van der Waals surface area contributed by atoms with Gasteiger partial charge in [0.25, 0.3) is 5.91 Å². The van der Waals surface area contributed by atoms with E-state index in [1.54, 1.807) is 26.8 Å². The highest BCUT2D eigenvalue weighted by Gasteiger charge is 2.24. The minimum Gasteiger partial charge on any atom is -0.507 e. The van der Waals surface area contributed by atoms with Gasteiger partial charge in [0, 0.05) is 0 Å². The Morgan fingerprint density at radius 1 is 1.28 bits per heavy atom. The van der Waals surface area contributed by atoms with Crippen molar-refractivity contribution in [2.24, 2.45) is 5.92 Å².